The molecule has 0 aliphatic rings. The summed E-state index contributed by atoms with van der Waals surface area (Å²) in [6.07, 6.45) is 0.462. The zero-order chi connectivity index (χ0) is 18.1. The molecule has 1 aromatic carbocycles. The lowest BCUT2D eigenvalue weighted by molar-refractivity contribution is -0.123. The summed E-state index contributed by atoms with van der Waals surface area (Å²) in [5, 5.41) is 13.8. The van der Waals surface area contributed by atoms with Crippen LogP contribution < -0.4 is 20.1 Å². The Hall–Kier alpha value is -2.75. The maximum absolute atomic E-state index is 12.5. The van der Waals surface area contributed by atoms with Crippen LogP contribution in [0.1, 0.15) is 30.6 Å². The molecule has 1 rings (SSSR count). The molecule has 1 aromatic rings. The third-order valence-corrected chi connectivity index (χ3v) is 3.28. The summed E-state index contributed by atoms with van der Waals surface area (Å²) in [6.45, 7) is 3.80. The fraction of sp³-hybridized carbons (Fsp3) is 0.471. The van der Waals surface area contributed by atoms with Crippen molar-refractivity contribution in [1.29, 1.82) is 5.26 Å². The van der Waals surface area contributed by atoms with Crippen LogP contribution in [0.25, 0.3) is 0 Å². The third-order valence-electron chi connectivity index (χ3n) is 3.28. The molecule has 1 atom stereocenters. The van der Waals surface area contributed by atoms with Crippen LogP contribution in [0.15, 0.2) is 18.2 Å². The first-order chi connectivity index (χ1) is 11.4. The fourth-order valence-electron chi connectivity index (χ4n) is 2.13. The molecule has 0 aromatic heterocycles. The van der Waals surface area contributed by atoms with Crippen LogP contribution in [0.2, 0.25) is 0 Å². The number of hydrogen-bond acceptors (Lipinski definition) is 5. The maximum atomic E-state index is 12.5. The zero-order valence-corrected chi connectivity index (χ0v) is 14.4. The number of rotatable bonds is 8. The lowest BCUT2D eigenvalue weighted by atomic mass is 10.0. The largest absolute Gasteiger partial charge is 0.497 e. The van der Waals surface area contributed by atoms with Gasteiger partial charge in [-0.2, -0.15) is 5.26 Å². The average molecular weight is 333 g/mol. The molecule has 7 nitrogen and oxygen atoms in total. The maximum Gasteiger partial charge on any atom is 0.252 e. The molecule has 0 unspecified atom stereocenters. The van der Waals surface area contributed by atoms with Crippen LogP contribution >= 0.6 is 0 Å². The van der Waals surface area contributed by atoms with Gasteiger partial charge in [0.1, 0.15) is 24.1 Å². The highest BCUT2D eigenvalue weighted by Crippen LogP contribution is 2.22. The predicted octanol–water partition coefficient (Wildman–Crippen LogP) is 1.49. The van der Waals surface area contributed by atoms with Gasteiger partial charge in [-0.05, 0) is 24.5 Å². The Kier molecular flexibility index (Phi) is 7.56. The molecule has 0 bridgehead atoms. The molecule has 0 fully saturated rings. The predicted molar refractivity (Wildman–Crippen MR) is 88.9 cm³/mol. The van der Waals surface area contributed by atoms with Crippen LogP contribution in [0.3, 0.4) is 0 Å². The zero-order valence-electron chi connectivity index (χ0n) is 14.4. The van der Waals surface area contributed by atoms with Gasteiger partial charge < -0.3 is 20.1 Å². The van der Waals surface area contributed by atoms with E-state index in [1.54, 1.807) is 18.2 Å². The van der Waals surface area contributed by atoms with E-state index < -0.39 is 11.9 Å². The highest BCUT2D eigenvalue weighted by atomic mass is 16.5. The number of amides is 2. The van der Waals surface area contributed by atoms with E-state index in [9.17, 15) is 9.59 Å². The standard InChI is InChI=1S/C17H23N3O4/c1-11(2)7-15(17(22)19-6-5-18)20-16(21)12-8-13(23-3)10-14(9-12)24-4/h8-11,15H,6-7H2,1-4H3,(H,19,22)(H,20,21)/t15-/m0/s1. The van der Waals surface area contributed by atoms with E-state index in [4.69, 9.17) is 14.7 Å². The summed E-state index contributed by atoms with van der Waals surface area (Å²) < 4.78 is 10.3. The quantitative estimate of drug-likeness (QED) is 0.702. The summed E-state index contributed by atoms with van der Waals surface area (Å²) >= 11 is 0. The van der Waals surface area contributed by atoms with E-state index in [1.165, 1.54) is 14.2 Å². The van der Waals surface area contributed by atoms with Crippen molar-refractivity contribution < 1.29 is 19.1 Å². The third kappa shape index (κ3) is 5.80. The molecule has 7 heteroatoms. The SMILES string of the molecule is COc1cc(OC)cc(C(=O)N[C@@H](CC(C)C)C(=O)NCC#N)c1. The van der Waals surface area contributed by atoms with Crippen LogP contribution in [-0.2, 0) is 4.79 Å². The van der Waals surface area contributed by atoms with E-state index in [-0.39, 0.29) is 18.4 Å². The molecule has 130 valence electrons. The normalized spacial score (nSPS) is 11.3. The molecule has 0 radical (unpaired) electrons. The topological polar surface area (TPSA) is 100 Å². The number of methoxy groups -OCH3 is 2. The van der Waals surface area contributed by atoms with Crippen LogP contribution in [-0.4, -0.2) is 38.6 Å². The molecule has 0 aliphatic heterocycles. The van der Waals surface area contributed by atoms with E-state index in [2.05, 4.69) is 10.6 Å². The molecule has 0 heterocycles. The molecule has 2 amide bonds. The van der Waals surface area contributed by atoms with Gasteiger partial charge in [-0.3, -0.25) is 9.59 Å². The van der Waals surface area contributed by atoms with E-state index >= 15 is 0 Å². The first-order valence-electron chi connectivity index (χ1n) is 7.59. The highest BCUT2D eigenvalue weighted by molar-refractivity contribution is 5.98. The second-order valence-electron chi connectivity index (χ2n) is 5.63. The minimum Gasteiger partial charge on any atom is -0.497 e. The minimum atomic E-state index is -0.719. The van der Waals surface area contributed by atoms with E-state index in [0.717, 1.165) is 0 Å². The van der Waals surface area contributed by atoms with Gasteiger partial charge in [-0.1, -0.05) is 13.8 Å². The lowest BCUT2D eigenvalue weighted by Gasteiger charge is -2.20. The van der Waals surface area contributed by atoms with Crippen molar-refractivity contribution in [2.45, 2.75) is 26.3 Å². The van der Waals surface area contributed by atoms with Crippen LogP contribution in [0.4, 0.5) is 0 Å². The Labute approximate surface area is 141 Å². The van der Waals surface area contributed by atoms with Gasteiger partial charge in [0.25, 0.3) is 5.91 Å². The smallest absolute Gasteiger partial charge is 0.252 e. The Bertz CT molecular complexity index is 601. The number of carbonyl (C=O) groups is 2. The molecule has 0 aliphatic carbocycles. The van der Waals surface area contributed by atoms with Gasteiger partial charge in [0.2, 0.25) is 5.91 Å². The van der Waals surface area contributed by atoms with Crippen molar-refractivity contribution in [2.75, 3.05) is 20.8 Å². The summed E-state index contributed by atoms with van der Waals surface area (Å²) in [6, 6.07) is 5.91. The molecular formula is C17H23N3O4. The summed E-state index contributed by atoms with van der Waals surface area (Å²) in [7, 11) is 2.99. The number of benzene rings is 1. The van der Waals surface area contributed by atoms with Crippen molar-refractivity contribution in [1.82, 2.24) is 10.6 Å². The molecule has 0 saturated carbocycles. The molecule has 24 heavy (non-hydrogen) atoms. The second kappa shape index (κ2) is 9.40. The highest BCUT2D eigenvalue weighted by Gasteiger charge is 2.22. The Morgan fingerprint density at radius 3 is 2.21 bits per heavy atom. The van der Waals surface area contributed by atoms with E-state index in [0.29, 0.717) is 23.5 Å². The monoisotopic (exact) mass is 333 g/mol. The number of nitrogens with zero attached hydrogens (tertiary/aromatic N) is 1. The van der Waals surface area contributed by atoms with Gasteiger partial charge in [0.05, 0.1) is 20.3 Å². The van der Waals surface area contributed by atoms with Gasteiger partial charge in [0, 0.05) is 11.6 Å². The summed E-state index contributed by atoms with van der Waals surface area (Å²) in [5.41, 5.74) is 0.327. The number of hydrogen-bond donors (Lipinski definition) is 2. The molecular weight excluding hydrogens is 310 g/mol. The van der Waals surface area contributed by atoms with Crippen molar-refractivity contribution in [3.05, 3.63) is 23.8 Å². The van der Waals surface area contributed by atoms with Crippen molar-refractivity contribution in [3.8, 4) is 17.6 Å². The number of nitrogens with one attached hydrogen (secondary N) is 2. The second-order valence-corrected chi connectivity index (χ2v) is 5.63. The van der Waals surface area contributed by atoms with Gasteiger partial charge in [-0.25, -0.2) is 0 Å². The van der Waals surface area contributed by atoms with Gasteiger partial charge in [0.15, 0.2) is 0 Å². The summed E-state index contributed by atoms with van der Waals surface area (Å²) in [5.74, 6) is 0.365. The lowest BCUT2D eigenvalue weighted by Crippen LogP contribution is -2.47. The van der Waals surface area contributed by atoms with Crippen LogP contribution in [0.5, 0.6) is 11.5 Å². The number of ether oxygens (including phenoxy) is 2. The average Bonchev–Trinajstić information content (AvgIpc) is 2.57. The number of carbonyl (C=O) groups excluding carboxylic acids is 2. The Morgan fingerprint density at radius 1 is 1.17 bits per heavy atom. The van der Waals surface area contributed by atoms with Crippen molar-refractivity contribution in [3.63, 3.8) is 0 Å². The van der Waals surface area contributed by atoms with Gasteiger partial charge in [-0.15, -0.1) is 0 Å². The molecule has 0 saturated heterocycles. The van der Waals surface area contributed by atoms with Crippen LogP contribution in [0, 0.1) is 17.2 Å². The van der Waals surface area contributed by atoms with Gasteiger partial charge >= 0.3 is 0 Å². The van der Waals surface area contributed by atoms with Crippen molar-refractivity contribution >= 4 is 11.8 Å². The first kappa shape index (κ1) is 19.3. The minimum absolute atomic E-state index is 0.101. The Balaban J connectivity index is 2.95. The number of nitriles is 1. The van der Waals surface area contributed by atoms with E-state index in [1.807, 2.05) is 19.9 Å². The fourth-order valence-corrected chi connectivity index (χ4v) is 2.13. The molecule has 0 spiro atoms. The first-order valence-corrected chi connectivity index (χ1v) is 7.59. The Morgan fingerprint density at radius 2 is 1.75 bits per heavy atom. The van der Waals surface area contributed by atoms with Crippen molar-refractivity contribution in [2.24, 2.45) is 5.92 Å². The molecule has 2 N–H and O–H groups in total. The summed E-state index contributed by atoms with van der Waals surface area (Å²) in [4.78, 5) is 24.6.